The maximum atomic E-state index is 6.03. The highest BCUT2D eigenvalue weighted by molar-refractivity contribution is 4.86. The van der Waals surface area contributed by atoms with Gasteiger partial charge in [0.1, 0.15) is 0 Å². The molecule has 0 aromatic carbocycles. The van der Waals surface area contributed by atoms with Crippen molar-refractivity contribution < 1.29 is 4.74 Å². The van der Waals surface area contributed by atoms with Gasteiger partial charge >= 0.3 is 0 Å². The summed E-state index contributed by atoms with van der Waals surface area (Å²) in [7, 11) is 1.80. The van der Waals surface area contributed by atoms with Gasteiger partial charge in [-0.25, -0.2) is 0 Å². The first-order chi connectivity index (χ1) is 7.29. The number of hydrogen-bond acceptors (Lipinski definition) is 3. The number of hydrogen-bond donors (Lipinski definition) is 1. The van der Waals surface area contributed by atoms with Crippen LogP contribution in [0.15, 0.2) is 0 Å². The van der Waals surface area contributed by atoms with Crippen LogP contribution in [0.4, 0.5) is 0 Å². The van der Waals surface area contributed by atoms with E-state index < -0.39 is 0 Å². The first kappa shape index (κ1) is 11.4. The molecule has 0 radical (unpaired) electrons. The van der Waals surface area contributed by atoms with Gasteiger partial charge in [-0.05, 0) is 38.1 Å². The Kier molecular flexibility index (Phi) is 4.00. The lowest BCUT2D eigenvalue weighted by Crippen LogP contribution is -2.41. The van der Waals surface area contributed by atoms with Gasteiger partial charge in [-0.15, -0.1) is 0 Å². The minimum atomic E-state index is 0.449. The molecule has 88 valence electrons. The standard InChI is InChI=1S/C12H24N2O/c1-15-9-10-5-6-14(8-10)12-4-2-3-11(13)7-12/h10-12H,2-9,13H2,1H3. The van der Waals surface area contributed by atoms with Crippen molar-refractivity contribution in [3.8, 4) is 0 Å². The summed E-state index contributed by atoms with van der Waals surface area (Å²) in [6.07, 6.45) is 6.41. The van der Waals surface area contributed by atoms with E-state index in [2.05, 4.69) is 4.90 Å². The zero-order chi connectivity index (χ0) is 10.7. The number of rotatable bonds is 3. The van der Waals surface area contributed by atoms with Crippen LogP contribution in [0, 0.1) is 5.92 Å². The molecule has 0 aromatic rings. The zero-order valence-corrected chi connectivity index (χ0v) is 9.82. The Balaban J connectivity index is 1.79. The van der Waals surface area contributed by atoms with Crippen LogP contribution in [-0.2, 0) is 4.74 Å². The maximum Gasteiger partial charge on any atom is 0.0503 e. The first-order valence-electron chi connectivity index (χ1n) is 6.28. The van der Waals surface area contributed by atoms with E-state index in [1.807, 2.05) is 0 Å². The molecule has 1 saturated carbocycles. The SMILES string of the molecule is COCC1CCN(C2CCCC(N)C2)C1. The summed E-state index contributed by atoms with van der Waals surface area (Å²) in [5.74, 6) is 0.758. The van der Waals surface area contributed by atoms with Gasteiger partial charge in [0.2, 0.25) is 0 Å². The average molecular weight is 212 g/mol. The monoisotopic (exact) mass is 212 g/mol. The van der Waals surface area contributed by atoms with E-state index in [1.165, 1.54) is 45.2 Å². The van der Waals surface area contributed by atoms with Crippen LogP contribution in [0.1, 0.15) is 32.1 Å². The van der Waals surface area contributed by atoms with Crippen LogP contribution in [0.2, 0.25) is 0 Å². The van der Waals surface area contributed by atoms with Crippen LogP contribution < -0.4 is 5.73 Å². The van der Waals surface area contributed by atoms with E-state index in [-0.39, 0.29) is 0 Å². The van der Waals surface area contributed by atoms with Crippen molar-refractivity contribution >= 4 is 0 Å². The first-order valence-corrected chi connectivity index (χ1v) is 6.28. The van der Waals surface area contributed by atoms with Crippen molar-refractivity contribution in [3.05, 3.63) is 0 Å². The molecule has 1 aliphatic carbocycles. The smallest absolute Gasteiger partial charge is 0.0503 e. The summed E-state index contributed by atoms with van der Waals surface area (Å²) in [5.41, 5.74) is 6.03. The molecule has 3 unspecified atom stereocenters. The molecular formula is C12H24N2O. The van der Waals surface area contributed by atoms with Gasteiger partial charge in [0.25, 0.3) is 0 Å². The average Bonchev–Trinajstić information content (AvgIpc) is 2.67. The second-order valence-electron chi connectivity index (χ2n) is 5.19. The molecular weight excluding hydrogens is 188 g/mol. The normalized spacial score (nSPS) is 38.4. The zero-order valence-electron chi connectivity index (χ0n) is 9.82. The van der Waals surface area contributed by atoms with Crippen LogP contribution >= 0.6 is 0 Å². The molecule has 1 aliphatic heterocycles. The Morgan fingerprint density at radius 2 is 2.20 bits per heavy atom. The second-order valence-corrected chi connectivity index (χ2v) is 5.19. The molecule has 2 N–H and O–H groups in total. The molecule has 0 spiro atoms. The summed E-state index contributed by atoms with van der Waals surface area (Å²) < 4.78 is 5.23. The predicted molar refractivity (Wildman–Crippen MR) is 61.8 cm³/mol. The van der Waals surface area contributed by atoms with Crippen LogP contribution in [0.3, 0.4) is 0 Å². The maximum absolute atomic E-state index is 6.03. The number of nitrogens with two attached hydrogens (primary N) is 1. The van der Waals surface area contributed by atoms with Gasteiger partial charge in [-0.2, -0.15) is 0 Å². The Bertz CT molecular complexity index is 198. The largest absolute Gasteiger partial charge is 0.384 e. The second kappa shape index (κ2) is 5.28. The van der Waals surface area contributed by atoms with Crippen LogP contribution in [-0.4, -0.2) is 43.8 Å². The highest BCUT2D eigenvalue weighted by atomic mass is 16.5. The third kappa shape index (κ3) is 2.92. The Morgan fingerprint density at radius 1 is 1.33 bits per heavy atom. The fourth-order valence-electron chi connectivity index (χ4n) is 3.10. The lowest BCUT2D eigenvalue weighted by atomic mass is 9.91. The third-order valence-electron chi connectivity index (χ3n) is 3.92. The molecule has 1 heterocycles. The minimum absolute atomic E-state index is 0.449. The fraction of sp³-hybridized carbons (Fsp3) is 1.00. The van der Waals surface area contributed by atoms with Crippen molar-refractivity contribution in [1.82, 2.24) is 4.90 Å². The molecule has 2 fully saturated rings. The van der Waals surface area contributed by atoms with Gasteiger partial charge in [0, 0.05) is 25.7 Å². The predicted octanol–water partition coefficient (Wildman–Crippen LogP) is 1.22. The Labute approximate surface area is 93.0 Å². The molecule has 3 heteroatoms. The van der Waals surface area contributed by atoms with Gasteiger partial charge in [-0.3, -0.25) is 4.90 Å². The van der Waals surface area contributed by atoms with Crippen molar-refractivity contribution in [2.45, 2.75) is 44.2 Å². The topological polar surface area (TPSA) is 38.5 Å². The van der Waals surface area contributed by atoms with Crippen molar-refractivity contribution in [2.24, 2.45) is 11.7 Å². The summed E-state index contributed by atoms with van der Waals surface area (Å²) >= 11 is 0. The van der Waals surface area contributed by atoms with E-state index in [1.54, 1.807) is 7.11 Å². The molecule has 0 bridgehead atoms. The summed E-state index contributed by atoms with van der Waals surface area (Å²) in [6.45, 7) is 3.41. The minimum Gasteiger partial charge on any atom is -0.384 e. The lowest BCUT2D eigenvalue weighted by molar-refractivity contribution is 0.136. The van der Waals surface area contributed by atoms with Crippen molar-refractivity contribution in [2.75, 3.05) is 26.8 Å². The van der Waals surface area contributed by atoms with Crippen LogP contribution in [0.25, 0.3) is 0 Å². The van der Waals surface area contributed by atoms with Crippen molar-refractivity contribution in [3.63, 3.8) is 0 Å². The number of likely N-dealkylation sites (tertiary alicyclic amines) is 1. The Morgan fingerprint density at radius 3 is 2.93 bits per heavy atom. The van der Waals surface area contributed by atoms with E-state index in [0.717, 1.165) is 18.6 Å². The Hall–Kier alpha value is -0.120. The molecule has 3 atom stereocenters. The lowest BCUT2D eigenvalue weighted by Gasteiger charge is -2.34. The molecule has 1 saturated heterocycles. The quantitative estimate of drug-likeness (QED) is 0.764. The number of methoxy groups -OCH3 is 1. The van der Waals surface area contributed by atoms with E-state index >= 15 is 0 Å². The molecule has 2 rings (SSSR count). The number of nitrogens with zero attached hydrogens (tertiary/aromatic N) is 1. The van der Waals surface area contributed by atoms with E-state index in [9.17, 15) is 0 Å². The van der Waals surface area contributed by atoms with Gasteiger partial charge < -0.3 is 10.5 Å². The van der Waals surface area contributed by atoms with Crippen LogP contribution in [0.5, 0.6) is 0 Å². The van der Waals surface area contributed by atoms with Gasteiger partial charge in [0.05, 0.1) is 6.61 Å². The molecule has 0 aromatic heterocycles. The van der Waals surface area contributed by atoms with Gasteiger partial charge in [0.15, 0.2) is 0 Å². The van der Waals surface area contributed by atoms with Gasteiger partial charge in [-0.1, -0.05) is 6.42 Å². The fourth-order valence-corrected chi connectivity index (χ4v) is 3.10. The highest BCUT2D eigenvalue weighted by Crippen LogP contribution is 2.27. The van der Waals surface area contributed by atoms with E-state index in [0.29, 0.717) is 6.04 Å². The number of ether oxygens (including phenoxy) is 1. The molecule has 2 aliphatic rings. The highest BCUT2D eigenvalue weighted by Gasteiger charge is 2.30. The molecule has 0 amide bonds. The summed E-state index contributed by atoms with van der Waals surface area (Å²) in [6, 6.07) is 1.21. The molecule has 15 heavy (non-hydrogen) atoms. The van der Waals surface area contributed by atoms with Crippen molar-refractivity contribution in [1.29, 1.82) is 0 Å². The third-order valence-corrected chi connectivity index (χ3v) is 3.92. The summed E-state index contributed by atoms with van der Waals surface area (Å²) in [4.78, 5) is 2.64. The van der Waals surface area contributed by atoms with E-state index in [4.69, 9.17) is 10.5 Å². The molecule has 3 nitrogen and oxygen atoms in total. The summed E-state index contributed by atoms with van der Waals surface area (Å²) in [5, 5.41) is 0.